The van der Waals surface area contributed by atoms with Crippen LogP contribution < -0.4 is 10.6 Å². The summed E-state index contributed by atoms with van der Waals surface area (Å²) in [6.07, 6.45) is 2.66. The van der Waals surface area contributed by atoms with Gasteiger partial charge in [0, 0.05) is 38.8 Å². The molecule has 1 aromatic rings. The highest BCUT2D eigenvalue weighted by Crippen LogP contribution is 2.18. The highest BCUT2D eigenvalue weighted by atomic mass is 16.5. The molecule has 0 spiro atoms. The van der Waals surface area contributed by atoms with Crippen LogP contribution >= 0.6 is 0 Å². The zero-order valence-electron chi connectivity index (χ0n) is 19.2. The third kappa shape index (κ3) is 7.56. The predicted molar refractivity (Wildman–Crippen MR) is 125 cm³/mol. The normalized spacial score (nSPS) is 20.8. The van der Waals surface area contributed by atoms with E-state index in [1.165, 1.54) is 37.1 Å². The van der Waals surface area contributed by atoms with Gasteiger partial charge < -0.3 is 15.4 Å². The van der Waals surface area contributed by atoms with E-state index in [-0.39, 0.29) is 0 Å². The zero-order valence-corrected chi connectivity index (χ0v) is 19.2. The molecule has 0 amide bonds. The first kappa shape index (κ1) is 23.0. The average molecular weight is 416 g/mol. The van der Waals surface area contributed by atoms with Crippen LogP contribution in [0.5, 0.6) is 0 Å². The third-order valence-electron chi connectivity index (χ3n) is 6.30. The number of morpholine rings is 1. The Morgan fingerprint density at radius 3 is 2.40 bits per heavy atom. The molecule has 1 aromatic carbocycles. The molecule has 0 bridgehead atoms. The summed E-state index contributed by atoms with van der Waals surface area (Å²) in [6, 6.07) is 9.46. The first-order valence-electron chi connectivity index (χ1n) is 11.8. The molecule has 0 aliphatic carbocycles. The van der Waals surface area contributed by atoms with Gasteiger partial charge in [-0.2, -0.15) is 0 Å². The first-order chi connectivity index (χ1) is 14.6. The van der Waals surface area contributed by atoms with Gasteiger partial charge in [0.1, 0.15) is 0 Å². The molecule has 2 aliphatic heterocycles. The van der Waals surface area contributed by atoms with Crippen molar-refractivity contribution in [2.75, 3.05) is 52.5 Å². The number of hydrogen-bond acceptors (Lipinski definition) is 4. The van der Waals surface area contributed by atoms with E-state index in [2.05, 4.69) is 65.5 Å². The molecule has 1 atom stereocenters. The number of nitrogens with one attached hydrogen (secondary N) is 2. The SMILES string of the molecule is CCNC(=NCc1ccc(CN2CCC(C)CC2)cc1)NCC(C)N1CCOCC1. The van der Waals surface area contributed by atoms with Gasteiger partial charge in [-0.3, -0.25) is 9.80 Å². The highest BCUT2D eigenvalue weighted by molar-refractivity contribution is 5.79. The van der Waals surface area contributed by atoms with Crippen LogP contribution in [0.2, 0.25) is 0 Å². The minimum atomic E-state index is 0.467. The molecule has 0 saturated carbocycles. The van der Waals surface area contributed by atoms with Crippen LogP contribution in [-0.4, -0.2) is 74.3 Å². The van der Waals surface area contributed by atoms with Crippen LogP contribution in [0.3, 0.4) is 0 Å². The standard InChI is InChI=1S/C24H41N5O/c1-4-25-24(26-17-21(3)29-13-15-30-16-14-29)27-18-22-5-7-23(8-6-22)19-28-11-9-20(2)10-12-28/h5-8,20-21H,4,9-19H2,1-3H3,(H2,25,26,27). The number of hydrogen-bond donors (Lipinski definition) is 2. The van der Waals surface area contributed by atoms with Crippen LogP contribution in [-0.2, 0) is 17.8 Å². The quantitative estimate of drug-likeness (QED) is 0.505. The maximum absolute atomic E-state index is 5.46. The zero-order chi connectivity index (χ0) is 21.2. The Labute approximate surface area is 183 Å². The minimum absolute atomic E-state index is 0.467. The highest BCUT2D eigenvalue weighted by Gasteiger charge is 2.17. The maximum atomic E-state index is 5.46. The van der Waals surface area contributed by atoms with Gasteiger partial charge in [0.2, 0.25) is 0 Å². The van der Waals surface area contributed by atoms with Crippen molar-refractivity contribution >= 4 is 5.96 Å². The van der Waals surface area contributed by atoms with Crippen LogP contribution in [0.15, 0.2) is 29.3 Å². The Hall–Kier alpha value is -1.63. The molecule has 30 heavy (non-hydrogen) atoms. The van der Waals surface area contributed by atoms with E-state index in [1.54, 1.807) is 0 Å². The Morgan fingerprint density at radius 2 is 1.73 bits per heavy atom. The molecule has 168 valence electrons. The lowest BCUT2D eigenvalue weighted by Crippen LogP contribution is -2.49. The minimum Gasteiger partial charge on any atom is -0.379 e. The number of nitrogens with zero attached hydrogens (tertiary/aromatic N) is 3. The van der Waals surface area contributed by atoms with Crippen molar-refractivity contribution < 1.29 is 4.74 Å². The van der Waals surface area contributed by atoms with E-state index in [0.29, 0.717) is 12.6 Å². The summed E-state index contributed by atoms with van der Waals surface area (Å²) in [7, 11) is 0. The molecule has 2 saturated heterocycles. The topological polar surface area (TPSA) is 52.1 Å². The Morgan fingerprint density at radius 1 is 1.07 bits per heavy atom. The monoisotopic (exact) mass is 415 g/mol. The molecule has 3 rings (SSSR count). The molecule has 0 aromatic heterocycles. The second-order valence-corrected chi connectivity index (χ2v) is 8.85. The van der Waals surface area contributed by atoms with Gasteiger partial charge in [0.15, 0.2) is 5.96 Å². The van der Waals surface area contributed by atoms with E-state index in [1.807, 2.05) is 0 Å². The Kier molecular flexibility index (Phi) is 9.43. The van der Waals surface area contributed by atoms with Gasteiger partial charge >= 0.3 is 0 Å². The van der Waals surface area contributed by atoms with E-state index < -0.39 is 0 Å². The number of guanidine groups is 1. The van der Waals surface area contributed by atoms with Gasteiger partial charge in [-0.05, 0) is 56.8 Å². The van der Waals surface area contributed by atoms with Crippen molar-refractivity contribution in [1.82, 2.24) is 20.4 Å². The fourth-order valence-electron chi connectivity index (χ4n) is 4.13. The lowest BCUT2D eigenvalue weighted by Gasteiger charge is -2.32. The summed E-state index contributed by atoms with van der Waals surface area (Å²) < 4.78 is 5.46. The lowest BCUT2D eigenvalue weighted by molar-refractivity contribution is 0.0211. The number of piperidine rings is 1. The summed E-state index contributed by atoms with van der Waals surface area (Å²) in [5.74, 6) is 1.78. The number of benzene rings is 1. The van der Waals surface area contributed by atoms with Gasteiger partial charge in [-0.25, -0.2) is 4.99 Å². The molecular weight excluding hydrogens is 374 g/mol. The first-order valence-corrected chi connectivity index (χ1v) is 11.8. The summed E-state index contributed by atoms with van der Waals surface area (Å²) in [4.78, 5) is 9.85. The number of rotatable bonds is 8. The second kappa shape index (κ2) is 12.3. The molecule has 0 radical (unpaired) electrons. The van der Waals surface area contributed by atoms with Gasteiger partial charge in [-0.15, -0.1) is 0 Å². The third-order valence-corrected chi connectivity index (χ3v) is 6.30. The molecule has 2 fully saturated rings. The molecule has 6 nitrogen and oxygen atoms in total. The predicted octanol–water partition coefficient (Wildman–Crippen LogP) is 2.69. The second-order valence-electron chi connectivity index (χ2n) is 8.85. The molecule has 2 heterocycles. The van der Waals surface area contributed by atoms with Crippen LogP contribution in [0.1, 0.15) is 44.7 Å². The van der Waals surface area contributed by atoms with Crippen molar-refractivity contribution in [1.29, 1.82) is 0 Å². The van der Waals surface area contributed by atoms with E-state index in [0.717, 1.165) is 57.8 Å². The molecule has 1 unspecified atom stereocenters. The van der Waals surface area contributed by atoms with Crippen molar-refractivity contribution in [3.05, 3.63) is 35.4 Å². The average Bonchev–Trinajstić information content (AvgIpc) is 2.78. The van der Waals surface area contributed by atoms with Gasteiger partial charge in [-0.1, -0.05) is 31.2 Å². The molecule has 2 aliphatic rings. The number of aliphatic imine (C=N–C) groups is 1. The fourth-order valence-corrected chi connectivity index (χ4v) is 4.13. The summed E-state index contributed by atoms with van der Waals surface area (Å²) in [5.41, 5.74) is 2.66. The smallest absolute Gasteiger partial charge is 0.191 e. The van der Waals surface area contributed by atoms with Crippen molar-refractivity contribution in [2.24, 2.45) is 10.9 Å². The van der Waals surface area contributed by atoms with Crippen LogP contribution in [0, 0.1) is 5.92 Å². The van der Waals surface area contributed by atoms with Gasteiger partial charge in [0.25, 0.3) is 0 Å². The van der Waals surface area contributed by atoms with E-state index >= 15 is 0 Å². The van der Waals surface area contributed by atoms with Crippen LogP contribution in [0.4, 0.5) is 0 Å². The largest absolute Gasteiger partial charge is 0.379 e. The van der Waals surface area contributed by atoms with Gasteiger partial charge in [0.05, 0.1) is 19.8 Å². The summed E-state index contributed by atoms with van der Waals surface area (Å²) in [6.45, 7) is 16.4. The molecular formula is C24H41N5O. The Bertz CT molecular complexity index is 634. The van der Waals surface area contributed by atoms with E-state index in [4.69, 9.17) is 9.73 Å². The van der Waals surface area contributed by atoms with Crippen molar-refractivity contribution in [2.45, 2.75) is 52.7 Å². The molecule has 2 N–H and O–H groups in total. The molecule has 6 heteroatoms. The summed E-state index contributed by atoms with van der Waals surface area (Å²) in [5, 5.41) is 6.88. The van der Waals surface area contributed by atoms with E-state index in [9.17, 15) is 0 Å². The number of likely N-dealkylation sites (tertiary alicyclic amines) is 1. The van der Waals surface area contributed by atoms with Crippen molar-refractivity contribution in [3.63, 3.8) is 0 Å². The number of ether oxygens (including phenoxy) is 1. The van der Waals surface area contributed by atoms with Crippen molar-refractivity contribution in [3.8, 4) is 0 Å². The van der Waals surface area contributed by atoms with Crippen LogP contribution in [0.25, 0.3) is 0 Å². The lowest BCUT2D eigenvalue weighted by atomic mass is 9.99. The Balaban J connectivity index is 1.46. The fraction of sp³-hybridized carbons (Fsp3) is 0.708. The summed E-state index contributed by atoms with van der Waals surface area (Å²) >= 11 is 0. The maximum Gasteiger partial charge on any atom is 0.191 e.